The van der Waals surface area contributed by atoms with Gasteiger partial charge in [-0.25, -0.2) is 9.13 Å². The van der Waals surface area contributed by atoms with Gasteiger partial charge in [-0.1, -0.05) is 440 Å². The number of aliphatic hydroxyl groups excluding tert-OH is 1. The molecule has 0 amide bonds. The number of esters is 4. The first kappa shape index (κ1) is 109. The Balaban J connectivity index is 5.22. The van der Waals surface area contributed by atoms with Crippen molar-refractivity contribution in [2.75, 3.05) is 39.6 Å². The molecule has 17 nitrogen and oxygen atoms in total. The van der Waals surface area contributed by atoms with Crippen molar-refractivity contribution in [3.8, 4) is 0 Å². The molecule has 7 atom stereocenters. The summed E-state index contributed by atoms with van der Waals surface area (Å²) in [6, 6.07) is 0. The third-order valence-corrected chi connectivity index (χ3v) is 24.3. The van der Waals surface area contributed by atoms with Crippen molar-refractivity contribution >= 4 is 39.5 Å². The minimum atomic E-state index is -4.97. The number of aliphatic hydroxyl groups is 1. The van der Waals surface area contributed by atoms with Crippen LogP contribution in [0.5, 0.6) is 0 Å². The first-order valence-electron chi connectivity index (χ1n) is 47.4. The second kappa shape index (κ2) is 81.8. The van der Waals surface area contributed by atoms with Crippen LogP contribution in [-0.4, -0.2) is 96.7 Å². The molecule has 0 aliphatic heterocycles. The SMILES string of the molecule is CCCCCCCCCCCCCCCCCCCCC(=O)O[C@H](COC(=O)CCCCCCCCC(C)CC)COP(=O)(O)OC[C@H](O)COP(=O)(O)OC[C@@H](COC(=O)CCCCCCCCCCCCCCCCCCCCC(C)C)OC(=O)CCCCCCCCCCCCCCCCCCCCC(C)CC. The fourth-order valence-electron chi connectivity index (χ4n) is 14.4. The number of ether oxygens (including phenoxy) is 4. The molecule has 0 aliphatic rings. The molecule has 0 rings (SSSR count). The van der Waals surface area contributed by atoms with Crippen LogP contribution >= 0.6 is 15.6 Å². The highest BCUT2D eigenvalue weighted by atomic mass is 31.2. The van der Waals surface area contributed by atoms with E-state index < -0.39 is 97.5 Å². The summed E-state index contributed by atoms with van der Waals surface area (Å²) in [6.45, 7) is 12.1. The van der Waals surface area contributed by atoms with Gasteiger partial charge >= 0.3 is 39.5 Å². The van der Waals surface area contributed by atoms with Crippen LogP contribution in [0.4, 0.5) is 0 Å². The Hall–Kier alpha value is -1.94. The Morgan fingerprint density at radius 3 is 0.685 bits per heavy atom. The van der Waals surface area contributed by atoms with E-state index in [-0.39, 0.29) is 25.7 Å². The summed E-state index contributed by atoms with van der Waals surface area (Å²) in [6.07, 6.45) is 75.1. The number of phosphoric acid groups is 2. The first-order valence-corrected chi connectivity index (χ1v) is 50.4. The van der Waals surface area contributed by atoms with Crippen LogP contribution in [0.25, 0.3) is 0 Å². The van der Waals surface area contributed by atoms with Crippen LogP contribution in [0, 0.1) is 17.8 Å². The van der Waals surface area contributed by atoms with Gasteiger partial charge < -0.3 is 33.8 Å². The molecule has 3 N–H and O–H groups in total. The van der Waals surface area contributed by atoms with E-state index in [1.165, 1.54) is 295 Å². The summed E-state index contributed by atoms with van der Waals surface area (Å²) in [5.74, 6) is 0.326. The minimum absolute atomic E-state index is 0.108. The maximum Gasteiger partial charge on any atom is 0.472 e. The van der Waals surface area contributed by atoms with Crippen molar-refractivity contribution in [1.82, 2.24) is 0 Å². The van der Waals surface area contributed by atoms with Gasteiger partial charge in [0, 0.05) is 25.7 Å². The molecule has 19 heteroatoms. The van der Waals surface area contributed by atoms with Crippen LogP contribution in [0.2, 0.25) is 0 Å². The molecule has 0 heterocycles. The third kappa shape index (κ3) is 82.9. The lowest BCUT2D eigenvalue weighted by atomic mass is 9.99. The lowest BCUT2D eigenvalue weighted by molar-refractivity contribution is -0.161. The predicted octanol–water partition coefficient (Wildman–Crippen LogP) is 28.4. The van der Waals surface area contributed by atoms with Crippen molar-refractivity contribution < 1.29 is 80.2 Å². The summed E-state index contributed by atoms with van der Waals surface area (Å²) in [7, 11) is -9.94. The second-order valence-electron chi connectivity index (χ2n) is 34.0. The zero-order chi connectivity index (χ0) is 81.5. The van der Waals surface area contributed by atoms with Gasteiger partial charge in [-0.3, -0.25) is 37.3 Å². The maximum atomic E-state index is 13.2. The zero-order valence-corrected chi connectivity index (χ0v) is 75.2. The third-order valence-electron chi connectivity index (χ3n) is 22.4. The average Bonchev–Trinajstić information content (AvgIpc) is 0.899. The molecule has 0 aliphatic carbocycles. The lowest BCUT2D eigenvalue weighted by Crippen LogP contribution is -2.30. The van der Waals surface area contributed by atoms with E-state index in [0.29, 0.717) is 25.7 Å². The summed E-state index contributed by atoms with van der Waals surface area (Å²) in [5, 5.41) is 10.7. The van der Waals surface area contributed by atoms with Gasteiger partial charge in [-0.15, -0.1) is 0 Å². The molecule has 0 aromatic heterocycles. The van der Waals surface area contributed by atoms with Crippen LogP contribution < -0.4 is 0 Å². The standard InChI is InChI=1S/C92H180O17P2/c1-8-11-12-13-14-15-16-17-18-19-26-32-37-42-47-52-61-69-76-92(97)109-88(80-103-90(95)74-67-60-55-54-58-65-72-85(7)10-3)82-107-111(100,101)105-78-86(93)77-104-110(98,99)106-81-87(79-102-89(94)73-66-59-51-46-41-36-31-27-22-20-24-29-34-39-44-49-56-63-70-83(4)5)108-91(96)75-68-62-53-48-43-38-33-28-23-21-25-30-35-40-45-50-57-64-71-84(6)9-2/h83-88,93H,8-82H2,1-7H3,(H,98,99)(H,100,101)/t84?,85?,86-,87-,88-/m1/s1. The van der Waals surface area contributed by atoms with Crippen molar-refractivity contribution in [2.24, 2.45) is 17.8 Å². The highest BCUT2D eigenvalue weighted by molar-refractivity contribution is 7.47. The largest absolute Gasteiger partial charge is 0.472 e. The summed E-state index contributed by atoms with van der Waals surface area (Å²) >= 11 is 0. The van der Waals surface area contributed by atoms with Gasteiger partial charge in [0.05, 0.1) is 26.4 Å². The van der Waals surface area contributed by atoms with Crippen LogP contribution in [-0.2, 0) is 65.4 Å². The van der Waals surface area contributed by atoms with Crippen molar-refractivity contribution in [3.63, 3.8) is 0 Å². The molecule has 0 aromatic rings. The number of carbonyl (C=O) groups excluding carboxylic acids is 4. The summed E-state index contributed by atoms with van der Waals surface area (Å²) in [5.41, 5.74) is 0. The first-order chi connectivity index (χ1) is 53.8. The van der Waals surface area contributed by atoms with Crippen LogP contribution in [0.1, 0.15) is 492 Å². The van der Waals surface area contributed by atoms with Gasteiger partial charge in [0.1, 0.15) is 19.3 Å². The molecule has 660 valence electrons. The molecular weight excluding hydrogens is 1440 g/mol. The minimum Gasteiger partial charge on any atom is -0.462 e. The number of unbranched alkanes of at least 4 members (excludes halogenated alkanes) is 56. The Labute approximate surface area is 683 Å². The molecule has 0 fully saturated rings. The monoisotopic (exact) mass is 1620 g/mol. The van der Waals surface area contributed by atoms with Gasteiger partial charge in [0.2, 0.25) is 0 Å². The van der Waals surface area contributed by atoms with Gasteiger partial charge in [0.25, 0.3) is 0 Å². The van der Waals surface area contributed by atoms with E-state index in [2.05, 4.69) is 48.5 Å². The fraction of sp³-hybridized carbons (Fsp3) is 0.957. The summed E-state index contributed by atoms with van der Waals surface area (Å²) in [4.78, 5) is 73.4. The highest BCUT2D eigenvalue weighted by Gasteiger charge is 2.31. The second-order valence-corrected chi connectivity index (χ2v) is 36.9. The topological polar surface area (TPSA) is 237 Å². The normalized spacial score (nSPS) is 14.3. The Bertz CT molecular complexity index is 2130. The molecule has 0 aromatic carbocycles. The number of hydrogen-bond acceptors (Lipinski definition) is 15. The molecule has 4 unspecified atom stereocenters. The molecule has 0 saturated carbocycles. The van der Waals surface area contributed by atoms with Gasteiger partial charge in [0.15, 0.2) is 12.2 Å². The molecule has 111 heavy (non-hydrogen) atoms. The highest BCUT2D eigenvalue weighted by Crippen LogP contribution is 2.45. The van der Waals surface area contributed by atoms with Crippen molar-refractivity contribution in [1.29, 1.82) is 0 Å². The molecular formula is C92H180O17P2. The van der Waals surface area contributed by atoms with Crippen molar-refractivity contribution in [3.05, 3.63) is 0 Å². The summed E-state index contributed by atoms with van der Waals surface area (Å²) < 4.78 is 69.1. The van der Waals surface area contributed by atoms with E-state index in [1.54, 1.807) is 0 Å². The number of rotatable bonds is 90. The van der Waals surface area contributed by atoms with Crippen LogP contribution in [0.3, 0.4) is 0 Å². The van der Waals surface area contributed by atoms with E-state index >= 15 is 0 Å². The smallest absolute Gasteiger partial charge is 0.462 e. The molecule has 0 spiro atoms. The predicted molar refractivity (Wildman–Crippen MR) is 460 cm³/mol. The Kier molecular flexibility index (Phi) is 80.4. The van der Waals surface area contributed by atoms with Crippen molar-refractivity contribution in [2.45, 2.75) is 510 Å². The molecule has 0 saturated heterocycles. The number of hydrogen-bond donors (Lipinski definition) is 3. The Morgan fingerprint density at radius 2 is 0.459 bits per heavy atom. The van der Waals surface area contributed by atoms with Gasteiger partial charge in [-0.2, -0.15) is 0 Å². The number of phosphoric ester groups is 2. The van der Waals surface area contributed by atoms with E-state index in [0.717, 1.165) is 114 Å². The zero-order valence-electron chi connectivity index (χ0n) is 73.4. The quantitative estimate of drug-likeness (QED) is 0.0222. The van der Waals surface area contributed by atoms with E-state index in [9.17, 15) is 43.2 Å². The average molecular weight is 1620 g/mol. The Morgan fingerprint density at radius 1 is 0.261 bits per heavy atom. The lowest BCUT2D eigenvalue weighted by Gasteiger charge is -2.21. The molecule has 0 radical (unpaired) electrons. The number of carbonyl (C=O) groups is 4. The maximum absolute atomic E-state index is 13.2. The van der Waals surface area contributed by atoms with Crippen LogP contribution in [0.15, 0.2) is 0 Å². The van der Waals surface area contributed by atoms with E-state index in [1.807, 2.05) is 0 Å². The molecule has 0 bridgehead atoms. The fourth-order valence-corrected chi connectivity index (χ4v) is 15.9. The van der Waals surface area contributed by atoms with E-state index in [4.69, 9.17) is 37.0 Å². The van der Waals surface area contributed by atoms with Gasteiger partial charge in [-0.05, 0) is 43.4 Å².